The molecule has 0 spiro atoms. The van der Waals surface area contributed by atoms with Crippen molar-refractivity contribution < 1.29 is 4.39 Å². The van der Waals surface area contributed by atoms with Crippen LogP contribution in [0.2, 0.25) is 0 Å². The summed E-state index contributed by atoms with van der Waals surface area (Å²) in [6.45, 7) is 0.989. The van der Waals surface area contributed by atoms with Crippen LogP contribution in [0.1, 0.15) is 5.56 Å². The van der Waals surface area contributed by atoms with Gasteiger partial charge in [-0.3, -0.25) is 0 Å². The van der Waals surface area contributed by atoms with Crippen molar-refractivity contribution in [1.82, 2.24) is 9.55 Å². The summed E-state index contributed by atoms with van der Waals surface area (Å²) in [4.78, 5) is 4.66. The molecule has 1 aliphatic rings. The van der Waals surface area contributed by atoms with Crippen molar-refractivity contribution in [1.29, 1.82) is 0 Å². The number of benzene rings is 2. The molecular weight excluding hydrogens is 253 g/mol. The second-order valence-corrected chi connectivity index (χ2v) is 5.18. The summed E-state index contributed by atoms with van der Waals surface area (Å²) in [6.07, 6.45) is 1.05. The predicted molar refractivity (Wildman–Crippen MR) is 78.3 cm³/mol. The molecule has 20 heavy (non-hydrogen) atoms. The number of anilines is 1. The summed E-state index contributed by atoms with van der Waals surface area (Å²) >= 11 is 0. The van der Waals surface area contributed by atoms with Crippen molar-refractivity contribution in [3.63, 3.8) is 0 Å². The molecule has 0 saturated heterocycles. The van der Waals surface area contributed by atoms with E-state index in [1.165, 1.54) is 23.4 Å². The van der Waals surface area contributed by atoms with Crippen molar-refractivity contribution >= 4 is 16.7 Å². The zero-order valence-electron chi connectivity index (χ0n) is 11.2. The van der Waals surface area contributed by atoms with Crippen LogP contribution in [0, 0.1) is 5.82 Å². The Morgan fingerprint density at radius 2 is 2.15 bits per heavy atom. The summed E-state index contributed by atoms with van der Waals surface area (Å²) in [7, 11) is 1.98. The van der Waals surface area contributed by atoms with Gasteiger partial charge in [-0.25, -0.2) is 9.37 Å². The second-order valence-electron chi connectivity index (χ2n) is 5.18. The molecule has 1 aliphatic heterocycles. The third kappa shape index (κ3) is 1.61. The van der Waals surface area contributed by atoms with E-state index in [9.17, 15) is 4.39 Å². The standard InChI is InChI=1S/C16H14FN3/c1-20-15-8-10-5-6-18-13(10)9-14(15)19-16(20)11-3-2-4-12(17)7-11/h2-4,7-9,18H,5-6H2,1H3. The lowest BCUT2D eigenvalue weighted by Crippen LogP contribution is -1.93. The number of aromatic nitrogens is 2. The number of hydrogen-bond acceptors (Lipinski definition) is 2. The first-order valence-corrected chi connectivity index (χ1v) is 6.71. The Labute approximate surface area is 116 Å². The van der Waals surface area contributed by atoms with E-state index in [2.05, 4.69) is 22.4 Å². The monoisotopic (exact) mass is 267 g/mol. The predicted octanol–water partition coefficient (Wildman–Crippen LogP) is 3.35. The van der Waals surface area contributed by atoms with E-state index in [1.807, 2.05) is 17.7 Å². The van der Waals surface area contributed by atoms with Crippen molar-refractivity contribution in [3.8, 4) is 11.4 Å². The summed E-state index contributed by atoms with van der Waals surface area (Å²) in [6, 6.07) is 10.8. The molecule has 0 atom stereocenters. The van der Waals surface area contributed by atoms with Crippen LogP contribution in [0.15, 0.2) is 36.4 Å². The Balaban J connectivity index is 1.95. The summed E-state index contributed by atoms with van der Waals surface area (Å²) in [5.74, 6) is 0.557. The highest BCUT2D eigenvalue weighted by Crippen LogP contribution is 2.30. The van der Waals surface area contributed by atoms with E-state index in [0.717, 1.165) is 35.4 Å². The van der Waals surface area contributed by atoms with Gasteiger partial charge in [0.25, 0.3) is 0 Å². The molecule has 4 heteroatoms. The van der Waals surface area contributed by atoms with Crippen LogP contribution in [0.4, 0.5) is 10.1 Å². The third-order valence-corrected chi connectivity index (χ3v) is 3.90. The first-order chi connectivity index (χ1) is 9.72. The van der Waals surface area contributed by atoms with Crippen LogP contribution < -0.4 is 5.32 Å². The summed E-state index contributed by atoms with van der Waals surface area (Å²) in [5.41, 5.74) is 5.33. The maximum Gasteiger partial charge on any atom is 0.140 e. The molecule has 0 bridgehead atoms. The molecule has 0 unspecified atom stereocenters. The number of halogens is 1. The molecule has 2 aromatic carbocycles. The molecule has 0 radical (unpaired) electrons. The molecule has 3 aromatic rings. The maximum atomic E-state index is 13.4. The first-order valence-electron chi connectivity index (χ1n) is 6.71. The lowest BCUT2D eigenvalue weighted by Gasteiger charge is -2.03. The van der Waals surface area contributed by atoms with Gasteiger partial charge >= 0.3 is 0 Å². The Bertz CT molecular complexity index is 820. The fraction of sp³-hybridized carbons (Fsp3) is 0.188. The van der Waals surface area contributed by atoms with Crippen molar-refractivity contribution in [2.45, 2.75) is 6.42 Å². The lowest BCUT2D eigenvalue weighted by molar-refractivity contribution is 0.628. The highest BCUT2D eigenvalue weighted by atomic mass is 19.1. The fourth-order valence-electron chi connectivity index (χ4n) is 2.87. The van der Waals surface area contributed by atoms with Gasteiger partial charge in [-0.05, 0) is 36.2 Å². The van der Waals surface area contributed by atoms with E-state index in [0.29, 0.717) is 0 Å². The van der Waals surface area contributed by atoms with Gasteiger partial charge in [-0.2, -0.15) is 0 Å². The van der Waals surface area contributed by atoms with Gasteiger partial charge in [0.1, 0.15) is 11.6 Å². The number of imidazole rings is 1. The van der Waals surface area contributed by atoms with E-state index in [4.69, 9.17) is 0 Å². The Kier molecular flexibility index (Phi) is 2.33. The number of nitrogens with zero attached hydrogens (tertiary/aromatic N) is 2. The molecule has 0 saturated carbocycles. The normalized spacial score (nSPS) is 13.5. The van der Waals surface area contributed by atoms with Crippen molar-refractivity contribution in [3.05, 3.63) is 47.8 Å². The van der Waals surface area contributed by atoms with Crippen LogP contribution in [0.5, 0.6) is 0 Å². The fourth-order valence-corrected chi connectivity index (χ4v) is 2.87. The SMILES string of the molecule is Cn1c(-c2cccc(F)c2)nc2cc3c(cc21)CCN3. The quantitative estimate of drug-likeness (QED) is 0.732. The molecule has 1 aromatic heterocycles. The third-order valence-electron chi connectivity index (χ3n) is 3.90. The van der Waals surface area contributed by atoms with Crippen LogP contribution in [-0.4, -0.2) is 16.1 Å². The highest BCUT2D eigenvalue weighted by Gasteiger charge is 2.16. The molecule has 2 heterocycles. The van der Waals surface area contributed by atoms with Gasteiger partial charge in [-0.1, -0.05) is 12.1 Å². The molecule has 0 fully saturated rings. The zero-order valence-corrected chi connectivity index (χ0v) is 11.2. The van der Waals surface area contributed by atoms with Gasteiger partial charge in [-0.15, -0.1) is 0 Å². The van der Waals surface area contributed by atoms with E-state index >= 15 is 0 Å². The first kappa shape index (κ1) is 11.5. The van der Waals surface area contributed by atoms with Crippen LogP contribution >= 0.6 is 0 Å². The molecule has 100 valence electrons. The van der Waals surface area contributed by atoms with Gasteiger partial charge in [0.05, 0.1) is 11.0 Å². The average Bonchev–Trinajstić information content (AvgIpc) is 3.01. The minimum absolute atomic E-state index is 0.237. The van der Waals surface area contributed by atoms with Gasteiger partial charge in [0.15, 0.2) is 0 Å². The molecule has 3 nitrogen and oxygen atoms in total. The summed E-state index contributed by atoms with van der Waals surface area (Å²) < 4.78 is 15.4. The van der Waals surface area contributed by atoms with E-state index in [-0.39, 0.29) is 5.82 Å². The smallest absolute Gasteiger partial charge is 0.140 e. The Morgan fingerprint density at radius 1 is 1.25 bits per heavy atom. The maximum absolute atomic E-state index is 13.4. The number of aryl methyl sites for hydroxylation is 1. The van der Waals surface area contributed by atoms with Gasteiger partial charge < -0.3 is 9.88 Å². The Morgan fingerprint density at radius 3 is 3.00 bits per heavy atom. The number of rotatable bonds is 1. The number of hydrogen-bond donors (Lipinski definition) is 1. The number of fused-ring (bicyclic) bond motifs is 2. The summed E-state index contributed by atoms with van der Waals surface area (Å²) in [5, 5.41) is 3.36. The van der Waals surface area contributed by atoms with Crippen LogP contribution in [0.3, 0.4) is 0 Å². The Hall–Kier alpha value is -2.36. The molecule has 0 amide bonds. The molecular formula is C16H14FN3. The van der Waals surface area contributed by atoms with Crippen molar-refractivity contribution in [2.24, 2.45) is 7.05 Å². The zero-order chi connectivity index (χ0) is 13.7. The lowest BCUT2D eigenvalue weighted by atomic mass is 10.1. The molecule has 4 rings (SSSR count). The largest absolute Gasteiger partial charge is 0.384 e. The molecule has 1 N–H and O–H groups in total. The second kappa shape index (κ2) is 4.07. The molecule has 0 aliphatic carbocycles. The van der Waals surface area contributed by atoms with Gasteiger partial charge in [0, 0.05) is 24.8 Å². The van der Waals surface area contributed by atoms with E-state index < -0.39 is 0 Å². The number of nitrogens with one attached hydrogen (secondary N) is 1. The average molecular weight is 267 g/mol. The van der Waals surface area contributed by atoms with Crippen molar-refractivity contribution in [2.75, 3.05) is 11.9 Å². The van der Waals surface area contributed by atoms with E-state index in [1.54, 1.807) is 6.07 Å². The minimum Gasteiger partial charge on any atom is -0.384 e. The van der Waals surface area contributed by atoms with Crippen LogP contribution in [-0.2, 0) is 13.5 Å². The minimum atomic E-state index is -0.237. The van der Waals surface area contributed by atoms with Gasteiger partial charge in [0.2, 0.25) is 0 Å². The highest BCUT2D eigenvalue weighted by molar-refractivity contribution is 5.86. The topological polar surface area (TPSA) is 29.9 Å². The van der Waals surface area contributed by atoms with Crippen LogP contribution in [0.25, 0.3) is 22.4 Å².